The summed E-state index contributed by atoms with van der Waals surface area (Å²) < 4.78 is 0. The molecule has 0 saturated heterocycles. The van der Waals surface area contributed by atoms with Crippen LogP contribution in [-0.2, 0) is 11.8 Å². The number of nitriles is 1. The first-order valence-electron chi connectivity index (χ1n) is 9.83. The van der Waals surface area contributed by atoms with Crippen LogP contribution in [0.15, 0.2) is 48.7 Å². The number of H-pyrrole nitrogens is 1. The summed E-state index contributed by atoms with van der Waals surface area (Å²) >= 11 is 0. The molecule has 0 atom stereocenters. The van der Waals surface area contributed by atoms with Crippen molar-refractivity contribution in [1.29, 1.82) is 5.26 Å². The van der Waals surface area contributed by atoms with E-state index in [0.29, 0.717) is 0 Å². The van der Waals surface area contributed by atoms with Gasteiger partial charge in [-0.05, 0) is 62.3 Å². The number of hydrogen-bond acceptors (Lipinski definition) is 3. The third-order valence-corrected chi connectivity index (χ3v) is 5.84. The van der Waals surface area contributed by atoms with Crippen LogP contribution in [0.3, 0.4) is 0 Å². The normalized spacial score (nSPS) is 14.5. The summed E-state index contributed by atoms with van der Waals surface area (Å²) in [5.74, 6) is 0.851. The summed E-state index contributed by atoms with van der Waals surface area (Å²) in [6, 6.07) is 17.2. The minimum atomic E-state index is -0.500. The number of fused-ring (bicyclic) bond motifs is 3. The lowest BCUT2D eigenvalue weighted by Crippen LogP contribution is -2.13. The molecule has 4 nitrogen and oxygen atoms in total. The van der Waals surface area contributed by atoms with Gasteiger partial charge in [0, 0.05) is 16.3 Å². The quantitative estimate of drug-likeness (QED) is 0.516. The number of aromatic amines is 1. The van der Waals surface area contributed by atoms with Crippen LogP contribution in [0.2, 0.25) is 0 Å². The number of rotatable bonds is 4. The minimum Gasteiger partial charge on any atom is -0.276 e. The van der Waals surface area contributed by atoms with Gasteiger partial charge in [0.2, 0.25) is 0 Å². The van der Waals surface area contributed by atoms with Gasteiger partial charge in [-0.15, -0.1) is 0 Å². The van der Waals surface area contributed by atoms with Crippen LogP contribution in [0.25, 0.3) is 33.1 Å². The van der Waals surface area contributed by atoms with Crippen LogP contribution in [0.1, 0.15) is 37.8 Å². The number of nitrogens with one attached hydrogen (secondary N) is 1. The molecule has 0 amide bonds. The molecule has 5 rings (SSSR count). The van der Waals surface area contributed by atoms with Gasteiger partial charge in [-0.1, -0.05) is 30.3 Å². The molecule has 0 radical (unpaired) electrons. The van der Waals surface area contributed by atoms with Crippen molar-refractivity contribution in [2.45, 2.75) is 38.5 Å². The number of pyridine rings is 1. The van der Waals surface area contributed by atoms with E-state index in [2.05, 4.69) is 51.6 Å². The Bertz CT molecular complexity index is 1220. The summed E-state index contributed by atoms with van der Waals surface area (Å²) in [6.45, 7) is 3.87. The fraction of sp³-hybridized carbons (Fsp3) is 0.292. The molecular formula is C24H22N4. The molecule has 1 saturated carbocycles. The first-order valence-corrected chi connectivity index (χ1v) is 9.83. The monoisotopic (exact) mass is 366 g/mol. The number of hydrogen-bond donors (Lipinski definition) is 1. The van der Waals surface area contributed by atoms with Crippen LogP contribution >= 0.6 is 0 Å². The Labute approximate surface area is 164 Å². The highest BCUT2D eigenvalue weighted by molar-refractivity contribution is 6.11. The Kier molecular flexibility index (Phi) is 3.73. The van der Waals surface area contributed by atoms with E-state index in [0.717, 1.165) is 51.0 Å². The van der Waals surface area contributed by atoms with Crippen LogP contribution in [0, 0.1) is 17.2 Å². The Morgan fingerprint density at radius 2 is 1.93 bits per heavy atom. The zero-order chi connectivity index (χ0) is 19.3. The Morgan fingerprint density at radius 1 is 1.14 bits per heavy atom. The highest BCUT2D eigenvalue weighted by Gasteiger charge is 2.22. The molecule has 2 aromatic heterocycles. The molecule has 0 aliphatic heterocycles. The standard InChI is InChI=1S/C24H22N4/c1-24(2,14-25)18-8-6-17(7-9-18)23-22-19-12-16(11-15-3-4-15)5-10-20(19)26-13-21(22)27-28-23/h5-10,12-13,15H,3-4,11H2,1-2H3,(H,27,28). The van der Waals surface area contributed by atoms with Crippen LogP contribution in [-0.4, -0.2) is 15.2 Å². The van der Waals surface area contributed by atoms with E-state index in [-0.39, 0.29) is 0 Å². The summed E-state index contributed by atoms with van der Waals surface area (Å²) in [7, 11) is 0. The average Bonchev–Trinajstić information content (AvgIpc) is 3.42. The predicted octanol–water partition coefficient (Wildman–Crippen LogP) is 5.53. The Morgan fingerprint density at radius 3 is 2.64 bits per heavy atom. The van der Waals surface area contributed by atoms with Crippen molar-refractivity contribution >= 4 is 21.8 Å². The fourth-order valence-electron chi connectivity index (χ4n) is 3.85. The van der Waals surface area contributed by atoms with E-state index < -0.39 is 5.41 Å². The summed E-state index contributed by atoms with van der Waals surface area (Å²) in [5, 5.41) is 19.4. The molecule has 4 heteroatoms. The highest BCUT2D eigenvalue weighted by atomic mass is 15.1. The molecule has 0 unspecified atom stereocenters. The van der Waals surface area contributed by atoms with Crippen LogP contribution in [0.5, 0.6) is 0 Å². The molecule has 2 heterocycles. The minimum absolute atomic E-state index is 0.500. The fourth-order valence-corrected chi connectivity index (χ4v) is 3.85. The van der Waals surface area contributed by atoms with Gasteiger partial charge >= 0.3 is 0 Å². The van der Waals surface area contributed by atoms with Gasteiger partial charge in [0.25, 0.3) is 0 Å². The molecule has 0 bridgehead atoms. The van der Waals surface area contributed by atoms with Crippen molar-refractivity contribution in [3.63, 3.8) is 0 Å². The molecule has 1 fully saturated rings. The molecule has 0 spiro atoms. The van der Waals surface area contributed by atoms with E-state index >= 15 is 0 Å². The van der Waals surface area contributed by atoms with Gasteiger partial charge in [-0.3, -0.25) is 10.1 Å². The van der Waals surface area contributed by atoms with Gasteiger partial charge in [-0.25, -0.2) is 0 Å². The lowest BCUT2D eigenvalue weighted by Gasteiger charge is -2.15. The molecule has 4 aromatic rings. The number of aromatic nitrogens is 3. The van der Waals surface area contributed by atoms with Gasteiger partial charge in [-0.2, -0.15) is 10.4 Å². The molecule has 138 valence electrons. The van der Waals surface area contributed by atoms with E-state index in [1.807, 2.05) is 32.2 Å². The summed E-state index contributed by atoms with van der Waals surface area (Å²) in [4.78, 5) is 4.60. The number of nitrogens with zero attached hydrogens (tertiary/aromatic N) is 3. The van der Waals surface area contributed by atoms with Crippen molar-refractivity contribution < 1.29 is 0 Å². The third kappa shape index (κ3) is 2.84. The molecular weight excluding hydrogens is 344 g/mol. The first kappa shape index (κ1) is 16.9. The van der Waals surface area contributed by atoms with Crippen molar-refractivity contribution in [2.75, 3.05) is 0 Å². The first-order chi connectivity index (χ1) is 13.5. The van der Waals surface area contributed by atoms with Crippen molar-refractivity contribution in [3.8, 4) is 17.3 Å². The van der Waals surface area contributed by atoms with E-state index in [4.69, 9.17) is 0 Å². The molecule has 1 aliphatic rings. The molecule has 1 aliphatic carbocycles. The lowest BCUT2D eigenvalue weighted by molar-refractivity contribution is 0.687. The zero-order valence-corrected chi connectivity index (χ0v) is 16.2. The smallest absolute Gasteiger partial charge is 0.101 e. The SMILES string of the molecule is CC(C)(C#N)c1ccc(-c2n[nH]c3cnc4ccc(CC5CC5)cc4c23)cc1. The van der Waals surface area contributed by atoms with E-state index in [9.17, 15) is 5.26 Å². The summed E-state index contributed by atoms with van der Waals surface area (Å²) in [6.07, 6.45) is 5.71. The topological polar surface area (TPSA) is 65.4 Å². The number of benzene rings is 2. The van der Waals surface area contributed by atoms with Gasteiger partial charge in [0.15, 0.2) is 0 Å². The molecule has 1 N–H and O–H groups in total. The Balaban J connectivity index is 1.65. The maximum Gasteiger partial charge on any atom is 0.101 e. The lowest BCUT2D eigenvalue weighted by atomic mass is 9.86. The van der Waals surface area contributed by atoms with Gasteiger partial charge in [0.05, 0.1) is 28.7 Å². The zero-order valence-electron chi connectivity index (χ0n) is 16.2. The molecule has 2 aromatic carbocycles. The second-order valence-electron chi connectivity index (χ2n) is 8.43. The predicted molar refractivity (Wildman–Crippen MR) is 112 cm³/mol. The second-order valence-corrected chi connectivity index (χ2v) is 8.43. The van der Waals surface area contributed by atoms with Gasteiger partial charge in [0.1, 0.15) is 5.69 Å². The van der Waals surface area contributed by atoms with Crippen molar-refractivity contribution in [1.82, 2.24) is 15.2 Å². The summed E-state index contributed by atoms with van der Waals surface area (Å²) in [5.41, 5.74) is 5.82. The second kappa shape index (κ2) is 6.17. The van der Waals surface area contributed by atoms with Crippen LogP contribution < -0.4 is 0 Å². The maximum atomic E-state index is 9.38. The maximum absolute atomic E-state index is 9.38. The van der Waals surface area contributed by atoms with Crippen molar-refractivity contribution in [3.05, 3.63) is 59.8 Å². The van der Waals surface area contributed by atoms with E-state index in [1.165, 1.54) is 18.4 Å². The molecule has 28 heavy (non-hydrogen) atoms. The highest BCUT2D eigenvalue weighted by Crippen LogP contribution is 2.36. The van der Waals surface area contributed by atoms with Gasteiger partial charge < -0.3 is 0 Å². The van der Waals surface area contributed by atoms with Crippen molar-refractivity contribution in [2.24, 2.45) is 5.92 Å². The third-order valence-electron chi connectivity index (χ3n) is 5.84. The Hall–Kier alpha value is -3.19. The van der Waals surface area contributed by atoms with E-state index in [1.54, 1.807) is 0 Å². The largest absolute Gasteiger partial charge is 0.276 e. The van der Waals surface area contributed by atoms with Crippen LogP contribution in [0.4, 0.5) is 0 Å². The average molecular weight is 366 g/mol.